The zero-order valence-corrected chi connectivity index (χ0v) is 12.1. The van der Waals surface area contributed by atoms with Gasteiger partial charge in [-0.05, 0) is 30.7 Å². The van der Waals surface area contributed by atoms with Crippen molar-refractivity contribution in [2.24, 2.45) is 0 Å². The van der Waals surface area contributed by atoms with Crippen molar-refractivity contribution in [3.63, 3.8) is 0 Å². The van der Waals surface area contributed by atoms with E-state index in [1.54, 1.807) is 37.3 Å². The maximum Gasteiger partial charge on any atom is 0.249 e. The molecule has 1 heterocycles. The third-order valence-electron chi connectivity index (χ3n) is 3.40. The Morgan fingerprint density at radius 1 is 1.41 bits per heavy atom. The van der Waals surface area contributed by atoms with Gasteiger partial charge in [-0.2, -0.15) is 5.26 Å². The zero-order valence-electron chi connectivity index (χ0n) is 12.1. The predicted octanol–water partition coefficient (Wildman–Crippen LogP) is 0.835. The van der Waals surface area contributed by atoms with E-state index in [0.29, 0.717) is 12.1 Å². The van der Waals surface area contributed by atoms with Crippen LogP contribution in [0.15, 0.2) is 30.3 Å². The lowest BCUT2D eigenvalue weighted by Crippen LogP contribution is -2.43. The zero-order chi connectivity index (χ0) is 16.1. The van der Waals surface area contributed by atoms with Crippen LogP contribution in [-0.2, 0) is 14.4 Å². The van der Waals surface area contributed by atoms with Crippen LogP contribution in [0, 0.1) is 11.3 Å². The minimum Gasteiger partial charge on any atom is -0.327 e. The van der Waals surface area contributed by atoms with Gasteiger partial charge >= 0.3 is 0 Å². The molecule has 1 saturated heterocycles. The van der Waals surface area contributed by atoms with Crippen molar-refractivity contribution in [1.29, 1.82) is 5.26 Å². The van der Waals surface area contributed by atoms with E-state index in [1.165, 1.54) is 11.0 Å². The average molecular weight is 297 g/mol. The van der Waals surface area contributed by atoms with Crippen LogP contribution in [0.4, 0.5) is 0 Å². The van der Waals surface area contributed by atoms with Gasteiger partial charge in [0.05, 0.1) is 18.1 Å². The molecule has 2 rings (SSSR count). The highest BCUT2D eigenvalue weighted by Gasteiger charge is 2.36. The molecular weight excluding hydrogens is 282 g/mol. The average Bonchev–Trinajstić information content (AvgIpc) is 2.85. The van der Waals surface area contributed by atoms with Crippen LogP contribution in [0.5, 0.6) is 0 Å². The number of carbonyl (C=O) groups is 3. The van der Waals surface area contributed by atoms with E-state index in [0.717, 1.165) is 5.56 Å². The second kappa shape index (κ2) is 6.68. The molecule has 1 aromatic carbocycles. The third kappa shape index (κ3) is 3.38. The Bertz CT molecular complexity index is 671. The number of nitrogens with one attached hydrogen (secondary N) is 1. The minimum atomic E-state index is -0.740. The lowest BCUT2D eigenvalue weighted by Gasteiger charge is -2.23. The predicted molar refractivity (Wildman–Crippen MR) is 79.1 cm³/mol. The number of rotatable bonds is 4. The molecule has 6 heteroatoms. The van der Waals surface area contributed by atoms with E-state index in [2.05, 4.69) is 5.32 Å². The first-order valence-corrected chi connectivity index (χ1v) is 6.87. The molecule has 0 aliphatic carbocycles. The summed E-state index contributed by atoms with van der Waals surface area (Å²) in [7, 11) is 0. The molecule has 0 aromatic heterocycles. The quantitative estimate of drug-likeness (QED) is 0.658. The minimum absolute atomic E-state index is 0.00309. The first-order chi connectivity index (χ1) is 10.5. The highest BCUT2D eigenvalue weighted by atomic mass is 16.2. The summed E-state index contributed by atoms with van der Waals surface area (Å²) in [5.74, 6) is -1.13. The second-order valence-electron chi connectivity index (χ2n) is 4.82. The van der Waals surface area contributed by atoms with Crippen LogP contribution in [-0.4, -0.2) is 35.2 Å². The van der Waals surface area contributed by atoms with Crippen LogP contribution in [0.1, 0.15) is 24.5 Å². The van der Waals surface area contributed by atoms with Gasteiger partial charge in [-0.15, -0.1) is 0 Å². The van der Waals surface area contributed by atoms with Crippen LogP contribution >= 0.6 is 0 Å². The standard InChI is InChI=1S/C16H15N3O3/c1-2-19(13-9-14(20)18-16(13)22)15(21)8-7-11-3-5-12(10-17)6-4-11/h3-8,13H,2,9H2,1H3,(H,18,20,22)/b8-7+. The van der Waals surface area contributed by atoms with Gasteiger partial charge in [0.15, 0.2) is 0 Å². The number of nitrogens with zero attached hydrogens (tertiary/aromatic N) is 2. The molecule has 112 valence electrons. The smallest absolute Gasteiger partial charge is 0.249 e. The molecule has 0 saturated carbocycles. The number of hydrogen-bond donors (Lipinski definition) is 1. The van der Waals surface area contributed by atoms with Crippen molar-refractivity contribution < 1.29 is 14.4 Å². The number of imide groups is 1. The monoisotopic (exact) mass is 297 g/mol. The Morgan fingerprint density at radius 3 is 2.59 bits per heavy atom. The summed E-state index contributed by atoms with van der Waals surface area (Å²) in [6.45, 7) is 2.09. The summed E-state index contributed by atoms with van der Waals surface area (Å²) in [5, 5.41) is 10.9. The molecule has 6 nitrogen and oxygen atoms in total. The molecule has 1 aliphatic heterocycles. The molecule has 1 fully saturated rings. The number of benzene rings is 1. The van der Waals surface area contributed by atoms with Crippen LogP contribution in [0.3, 0.4) is 0 Å². The second-order valence-corrected chi connectivity index (χ2v) is 4.82. The molecule has 1 N–H and O–H groups in total. The number of amides is 3. The van der Waals surface area contributed by atoms with Gasteiger partial charge < -0.3 is 4.90 Å². The van der Waals surface area contributed by atoms with Crippen molar-refractivity contribution in [2.75, 3.05) is 6.54 Å². The van der Waals surface area contributed by atoms with Gasteiger partial charge in [-0.25, -0.2) is 0 Å². The Kier molecular flexibility index (Phi) is 4.69. The van der Waals surface area contributed by atoms with Gasteiger partial charge in [-0.3, -0.25) is 19.7 Å². The topological polar surface area (TPSA) is 90.3 Å². The maximum absolute atomic E-state index is 12.2. The summed E-state index contributed by atoms with van der Waals surface area (Å²) >= 11 is 0. The maximum atomic E-state index is 12.2. The van der Waals surface area contributed by atoms with Crippen molar-refractivity contribution in [2.45, 2.75) is 19.4 Å². The van der Waals surface area contributed by atoms with Crippen molar-refractivity contribution in [3.05, 3.63) is 41.5 Å². The Balaban J connectivity index is 2.08. The molecule has 1 atom stereocenters. The van der Waals surface area contributed by atoms with Crippen molar-refractivity contribution in [1.82, 2.24) is 10.2 Å². The first-order valence-electron chi connectivity index (χ1n) is 6.87. The highest BCUT2D eigenvalue weighted by Crippen LogP contribution is 2.12. The Morgan fingerprint density at radius 2 is 2.09 bits per heavy atom. The van der Waals surface area contributed by atoms with Gasteiger partial charge in [0.2, 0.25) is 17.7 Å². The fourth-order valence-corrected chi connectivity index (χ4v) is 2.25. The largest absolute Gasteiger partial charge is 0.327 e. The van der Waals surface area contributed by atoms with E-state index >= 15 is 0 Å². The van der Waals surface area contributed by atoms with E-state index < -0.39 is 11.9 Å². The van der Waals surface area contributed by atoms with E-state index in [-0.39, 0.29) is 18.2 Å². The van der Waals surface area contributed by atoms with Gasteiger partial charge in [0.25, 0.3) is 0 Å². The summed E-state index contributed by atoms with van der Waals surface area (Å²) in [4.78, 5) is 36.5. The van der Waals surface area contributed by atoms with Gasteiger partial charge in [0, 0.05) is 12.6 Å². The van der Waals surface area contributed by atoms with E-state index in [9.17, 15) is 14.4 Å². The first kappa shape index (κ1) is 15.4. The van der Waals surface area contributed by atoms with Gasteiger partial charge in [0.1, 0.15) is 6.04 Å². The normalized spacial score (nSPS) is 17.4. The molecular formula is C16H15N3O3. The fraction of sp³-hybridized carbons (Fsp3) is 0.250. The summed E-state index contributed by atoms with van der Waals surface area (Å²) in [6, 6.07) is 8.05. The summed E-state index contributed by atoms with van der Waals surface area (Å²) < 4.78 is 0. The lowest BCUT2D eigenvalue weighted by molar-refractivity contribution is -0.135. The molecule has 1 unspecified atom stereocenters. The lowest BCUT2D eigenvalue weighted by atomic mass is 10.1. The number of likely N-dealkylation sites (N-methyl/N-ethyl adjacent to an activating group) is 1. The number of nitriles is 1. The molecule has 3 amide bonds. The van der Waals surface area contributed by atoms with Crippen molar-refractivity contribution >= 4 is 23.8 Å². The number of hydrogen-bond acceptors (Lipinski definition) is 4. The molecule has 22 heavy (non-hydrogen) atoms. The SMILES string of the molecule is CCN(C(=O)/C=C/c1ccc(C#N)cc1)C1CC(=O)NC1=O. The molecule has 1 aliphatic rings. The number of carbonyl (C=O) groups excluding carboxylic acids is 3. The summed E-state index contributed by atoms with van der Waals surface area (Å²) in [6.07, 6.45) is 2.98. The molecule has 0 bridgehead atoms. The van der Waals surface area contributed by atoms with Crippen LogP contribution in [0.25, 0.3) is 6.08 Å². The van der Waals surface area contributed by atoms with Crippen LogP contribution < -0.4 is 5.32 Å². The fourth-order valence-electron chi connectivity index (χ4n) is 2.25. The molecule has 0 spiro atoms. The summed E-state index contributed by atoms with van der Waals surface area (Å²) in [5.41, 5.74) is 1.31. The van der Waals surface area contributed by atoms with Gasteiger partial charge in [-0.1, -0.05) is 12.1 Å². The Labute approximate surface area is 128 Å². The Hall–Kier alpha value is -2.94. The van der Waals surface area contributed by atoms with E-state index in [4.69, 9.17) is 5.26 Å². The van der Waals surface area contributed by atoms with E-state index in [1.807, 2.05) is 6.07 Å². The molecule has 0 radical (unpaired) electrons. The third-order valence-corrected chi connectivity index (χ3v) is 3.40. The molecule has 1 aromatic rings. The highest BCUT2D eigenvalue weighted by molar-refractivity contribution is 6.07. The van der Waals surface area contributed by atoms with Crippen molar-refractivity contribution in [3.8, 4) is 6.07 Å². The van der Waals surface area contributed by atoms with Crippen LogP contribution in [0.2, 0.25) is 0 Å².